The molecule has 1 aliphatic heterocycles. The van der Waals surface area contributed by atoms with Crippen molar-refractivity contribution in [1.29, 1.82) is 0 Å². The fraction of sp³-hybridized carbons (Fsp3) is 0.286. The maximum Gasteiger partial charge on any atom is 0.266 e. The van der Waals surface area contributed by atoms with Gasteiger partial charge in [-0.2, -0.15) is 0 Å². The van der Waals surface area contributed by atoms with E-state index in [9.17, 15) is 18.4 Å². The molecule has 0 aliphatic carbocycles. The second-order valence-electron chi connectivity index (χ2n) is 9.64. The Morgan fingerprint density at radius 2 is 1.82 bits per heavy atom. The third-order valence-corrected chi connectivity index (χ3v) is 6.77. The fourth-order valence-electron chi connectivity index (χ4n) is 4.59. The lowest BCUT2D eigenvalue weighted by atomic mass is 10.0. The molecule has 0 atom stereocenters. The highest BCUT2D eigenvalue weighted by Crippen LogP contribution is 2.21. The Balaban J connectivity index is 1.25. The lowest BCUT2D eigenvalue weighted by molar-refractivity contribution is 0.0948. The Bertz CT molecular complexity index is 1530. The summed E-state index contributed by atoms with van der Waals surface area (Å²) in [5.74, 6) is -2.55. The molecule has 2 aromatic carbocycles. The van der Waals surface area contributed by atoms with E-state index in [1.54, 1.807) is 0 Å². The summed E-state index contributed by atoms with van der Waals surface area (Å²) in [6, 6.07) is 11.6. The van der Waals surface area contributed by atoms with Crippen LogP contribution in [0.3, 0.4) is 0 Å². The first-order valence-electron chi connectivity index (χ1n) is 12.5. The molecule has 196 valence electrons. The van der Waals surface area contributed by atoms with E-state index < -0.39 is 23.1 Å². The lowest BCUT2D eigenvalue weighted by Crippen LogP contribution is -2.36. The van der Waals surface area contributed by atoms with Crippen molar-refractivity contribution in [3.05, 3.63) is 99.9 Å². The van der Waals surface area contributed by atoms with E-state index >= 15 is 0 Å². The predicted octanol–water partition coefficient (Wildman–Crippen LogP) is 3.55. The summed E-state index contributed by atoms with van der Waals surface area (Å²) in [7, 11) is 2.13. The van der Waals surface area contributed by atoms with Crippen LogP contribution in [0.4, 0.5) is 14.5 Å². The van der Waals surface area contributed by atoms with Gasteiger partial charge in [-0.15, -0.1) is 0 Å². The number of pyridine rings is 1. The average molecular weight is 519 g/mol. The number of halogens is 2. The molecule has 2 N–H and O–H groups in total. The van der Waals surface area contributed by atoms with Gasteiger partial charge in [-0.3, -0.25) is 19.1 Å². The normalized spacial score (nSPS) is 14.5. The molecule has 5 rings (SSSR count). The van der Waals surface area contributed by atoms with Crippen molar-refractivity contribution in [2.45, 2.75) is 32.0 Å². The maximum atomic E-state index is 13.5. The number of aromatic nitrogens is 3. The van der Waals surface area contributed by atoms with E-state index in [2.05, 4.69) is 38.6 Å². The number of likely N-dealkylation sites (tertiary alicyclic amines) is 1. The van der Waals surface area contributed by atoms with Gasteiger partial charge in [0.2, 0.25) is 0 Å². The molecule has 1 amide bonds. The van der Waals surface area contributed by atoms with Gasteiger partial charge in [0.15, 0.2) is 11.6 Å². The third-order valence-electron chi connectivity index (χ3n) is 6.77. The van der Waals surface area contributed by atoms with Crippen molar-refractivity contribution in [1.82, 2.24) is 24.8 Å². The van der Waals surface area contributed by atoms with Crippen LogP contribution < -0.4 is 16.2 Å². The molecule has 4 aromatic rings. The van der Waals surface area contributed by atoms with Gasteiger partial charge in [0.25, 0.3) is 11.5 Å². The number of fused-ring (bicyclic) bond motifs is 1. The Kier molecular flexibility index (Phi) is 7.41. The number of piperidine rings is 1. The first-order valence-corrected chi connectivity index (χ1v) is 12.5. The van der Waals surface area contributed by atoms with Gasteiger partial charge in [0.1, 0.15) is 5.56 Å². The summed E-state index contributed by atoms with van der Waals surface area (Å²) >= 11 is 0. The Hall–Kier alpha value is -4.18. The zero-order chi connectivity index (χ0) is 26.6. The van der Waals surface area contributed by atoms with Crippen LogP contribution in [0.2, 0.25) is 0 Å². The first-order chi connectivity index (χ1) is 18.4. The highest BCUT2D eigenvalue weighted by molar-refractivity contribution is 5.93. The van der Waals surface area contributed by atoms with Crippen molar-refractivity contribution < 1.29 is 13.6 Å². The largest absolute Gasteiger partial charge is 0.381 e. The molecule has 10 heteroatoms. The van der Waals surface area contributed by atoms with E-state index in [1.165, 1.54) is 23.2 Å². The van der Waals surface area contributed by atoms with Crippen LogP contribution in [-0.4, -0.2) is 51.5 Å². The van der Waals surface area contributed by atoms with Crippen molar-refractivity contribution in [3.63, 3.8) is 0 Å². The molecule has 0 spiro atoms. The van der Waals surface area contributed by atoms with Gasteiger partial charge < -0.3 is 15.5 Å². The summed E-state index contributed by atoms with van der Waals surface area (Å²) in [6.07, 6.45) is 6.46. The van der Waals surface area contributed by atoms with Crippen LogP contribution in [0.25, 0.3) is 10.9 Å². The summed E-state index contributed by atoms with van der Waals surface area (Å²) in [4.78, 5) is 36.5. The summed E-state index contributed by atoms with van der Waals surface area (Å²) in [5, 5.41) is 7.30. The second kappa shape index (κ2) is 11.1. The quantitative estimate of drug-likeness (QED) is 0.389. The predicted molar refractivity (Wildman–Crippen MR) is 141 cm³/mol. The van der Waals surface area contributed by atoms with Gasteiger partial charge >= 0.3 is 0 Å². The molecule has 0 bridgehead atoms. The maximum absolute atomic E-state index is 13.5. The monoisotopic (exact) mass is 518 g/mol. The van der Waals surface area contributed by atoms with Crippen LogP contribution in [0, 0.1) is 11.6 Å². The molecule has 1 aliphatic rings. The molecule has 1 fully saturated rings. The molecule has 0 unspecified atom stereocenters. The van der Waals surface area contributed by atoms with Crippen LogP contribution in [0.15, 0.2) is 66.0 Å². The van der Waals surface area contributed by atoms with E-state index in [-0.39, 0.29) is 18.7 Å². The number of hydrogen-bond acceptors (Lipinski definition) is 6. The number of carbonyl (C=O) groups excluding carboxylic acids is 1. The zero-order valence-corrected chi connectivity index (χ0v) is 21.0. The second-order valence-corrected chi connectivity index (χ2v) is 9.64. The van der Waals surface area contributed by atoms with Crippen molar-refractivity contribution >= 4 is 22.5 Å². The fourth-order valence-corrected chi connectivity index (χ4v) is 4.59. The van der Waals surface area contributed by atoms with Crippen LogP contribution in [0.5, 0.6) is 0 Å². The number of nitrogens with one attached hydrogen (secondary N) is 2. The number of carbonyl (C=O) groups is 1. The van der Waals surface area contributed by atoms with Crippen LogP contribution >= 0.6 is 0 Å². The Labute approximate surface area is 218 Å². The minimum absolute atomic E-state index is 0.0459. The van der Waals surface area contributed by atoms with Gasteiger partial charge in [-0.1, -0.05) is 12.1 Å². The molecule has 0 saturated carbocycles. The number of hydrogen-bond donors (Lipinski definition) is 2. The minimum Gasteiger partial charge on any atom is -0.381 e. The SMILES string of the molecule is CN1CCC(Nc2cnc3ccc(CNC(=O)c4cncn(Cc5ccc(F)c(F)c5)c4=O)cc3c2)CC1. The van der Waals surface area contributed by atoms with Gasteiger partial charge in [0, 0.05) is 24.2 Å². The summed E-state index contributed by atoms with van der Waals surface area (Å²) in [6.45, 7) is 2.29. The Morgan fingerprint density at radius 1 is 1.03 bits per heavy atom. The number of nitrogens with zero attached hydrogens (tertiary/aromatic N) is 4. The topological polar surface area (TPSA) is 92.2 Å². The summed E-state index contributed by atoms with van der Waals surface area (Å²) in [5.41, 5.74) is 2.33. The molecule has 38 heavy (non-hydrogen) atoms. The van der Waals surface area contributed by atoms with Crippen LogP contribution in [0.1, 0.15) is 34.3 Å². The van der Waals surface area contributed by atoms with E-state index in [0.29, 0.717) is 11.6 Å². The van der Waals surface area contributed by atoms with Gasteiger partial charge in [0.05, 0.1) is 30.3 Å². The number of rotatable bonds is 7. The first kappa shape index (κ1) is 25.5. The van der Waals surface area contributed by atoms with E-state index in [0.717, 1.165) is 60.2 Å². The summed E-state index contributed by atoms with van der Waals surface area (Å²) < 4.78 is 27.9. The molecule has 1 saturated heterocycles. The molecule has 0 radical (unpaired) electrons. The van der Waals surface area contributed by atoms with E-state index in [4.69, 9.17) is 0 Å². The van der Waals surface area contributed by atoms with Crippen molar-refractivity contribution in [2.75, 3.05) is 25.5 Å². The average Bonchev–Trinajstić information content (AvgIpc) is 2.91. The highest BCUT2D eigenvalue weighted by Gasteiger charge is 2.17. The lowest BCUT2D eigenvalue weighted by Gasteiger charge is -2.30. The van der Waals surface area contributed by atoms with Crippen molar-refractivity contribution in [2.24, 2.45) is 0 Å². The van der Waals surface area contributed by atoms with Crippen LogP contribution in [-0.2, 0) is 13.1 Å². The molecule has 3 heterocycles. The Morgan fingerprint density at radius 3 is 2.61 bits per heavy atom. The van der Waals surface area contributed by atoms with Gasteiger partial charge in [-0.05, 0) is 74.4 Å². The molecule has 2 aromatic heterocycles. The number of anilines is 1. The van der Waals surface area contributed by atoms with E-state index in [1.807, 2.05) is 24.4 Å². The molecular weight excluding hydrogens is 490 g/mol. The highest BCUT2D eigenvalue weighted by atomic mass is 19.2. The molecule has 8 nitrogen and oxygen atoms in total. The minimum atomic E-state index is -1.01. The zero-order valence-electron chi connectivity index (χ0n) is 21.0. The van der Waals surface area contributed by atoms with Crippen molar-refractivity contribution in [3.8, 4) is 0 Å². The molecular formula is C28H28F2N6O2. The third kappa shape index (κ3) is 5.86. The smallest absolute Gasteiger partial charge is 0.266 e. The standard InChI is InChI=1S/C28H28F2N6O2/c1-35-8-6-21(7-9-35)34-22-12-20-10-18(3-5-26(20)32-14-22)13-33-27(37)23-15-31-17-36(28(23)38)16-19-2-4-24(29)25(30)11-19/h2-5,10-12,14-15,17,21,34H,6-9,13,16H2,1H3,(H,33,37). The number of benzene rings is 2. The van der Waals surface area contributed by atoms with Gasteiger partial charge in [-0.25, -0.2) is 13.8 Å². The number of amides is 1.